The van der Waals surface area contributed by atoms with Crippen LogP contribution in [0.5, 0.6) is 5.75 Å². The lowest BCUT2D eigenvalue weighted by Gasteiger charge is -2.14. The Labute approximate surface area is 109 Å². The zero-order chi connectivity index (χ0) is 13.7. The number of aromatic nitrogens is 2. The quantitative estimate of drug-likeness (QED) is 0.901. The minimum atomic E-state index is -2.84. The Morgan fingerprint density at radius 3 is 2.47 bits per heavy atom. The van der Waals surface area contributed by atoms with Crippen molar-refractivity contribution in [3.63, 3.8) is 0 Å². The van der Waals surface area contributed by atoms with Gasteiger partial charge in [-0.25, -0.2) is 4.98 Å². The molecule has 6 heteroatoms. The zero-order valence-corrected chi connectivity index (χ0v) is 10.3. The molecule has 0 fully saturated rings. The molecule has 2 aromatic rings. The Morgan fingerprint density at radius 2 is 1.89 bits per heavy atom. The van der Waals surface area contributed by atoms with Gasteiger partial charge in [0, 0.05) is 12.4 Å². The second-order valence-corrected chi connectivity index (χ2v) is 3.90. The van der Waals surface area contributed by atoms with Crippen LogP contribution in [0.3, 0.4) is 0 Å². The van der Waals surface area contributed by atoms with Crippen molar-refractivity contribution in [1.82, 2.24) is 9.97 Å². The van der Waals surface area contributed by atoms with Gasteiger partial charge in [-0.05, 0) is 36.8 Å². The van der Waals surface area contributed by atoms with E-state index < -0.39 is 6.61 Å². The normalized spacial score (nSPS) is 12.2. The second-order valence-electron chi connectivity index (χ2n) is 3.90. The van der Waals surface area contributed by atoms with E-state index in [1.807, 2.05) is 19.1 Å². The van der Waals surface area contributed by atoms with Gasteiger partial charge >= 0.3 is 6.61 Å². The highest BCUT2D eigenvalue weighted by Gasteiger charge is 2.07. The van der Waals surface area contributed by atoms with Crippen molar-refractivity contribution in [2.24, 2.45) is 0 Å². The number of nitrogens with one attached hydrogen (secondary N) is 1. The number of hydrogen-bond acceptors (Lipinski definition) is 4. The first-order valence-corrected chi connectivity index (χ1v) is 5.72. The molecule has 0 aromatic carbocycles. The van der Waals surface area contributed by atoms with E-state index in [1.54, 1.807) is 18.5 Å². The van der Waals surface area contributed by atoms with Gasteiger partial charge in [0.05, 0.1) is 12.2 Å². The van der Waals surface area contributed by atoms with Crippen LogP contribution in [-0.2, 0) is 0 Å². The van der Waals surface area contributed by atoms with Crippen LogP contribution >= 0.6 is 0 Å². The summed E-state index contributed by atoms with van der Waals surface area (Å²) < 4.78 is 28.2. The van der Waals surface area contributed by atoms with Crippen LogP contribution in [0.15, 0.2) is 42.9 Å². The molecule has 0 bridgehead atoms. The van der Waals surface area contributed by atoms with E-state index in [1.165, 1.54) is 12.3 Å². The molecule has 0 saturated carbocycles. The highest BCUT2D eigenvalue weighted by molar-refractivity contribution is 5.40. The SMILES string of the molecule is C[C@@H](Nc1ccc(OC(F)F)cn1)c1ccncc1. The third-order valence-corrected chi connectivity index (χ3v) is 2.53. The Kier molecular flexibility index (Phi) is 4.22. The maximum atomic E-state index is 12.0. The topological polar surface area (TPSA) is 47.0 Å². The minimum Gasteiger partial charge on any atom is -0.433 e. The van der Waals surface area contributed by atoms with Gasteiger partial charge in [0.25, 0.3) is 0 Å². The number of alkyl halides is 2. The zero-order valence-electron chi connectivity index (χ0n) is 10.3. The minimum absolute atomic E-state index is 0.0390. The summed E-state index contributed by atoms with van der Waals surface area (Å²) in [7, 11) is 0. The largest absolute Gasteiger partial charge is 0.433 e. The Bertz CT molecular complexity index is 505. The molecule has 19 heavy (non-hydrogen) atoms. The maximum absolute atomic E-state index is 12.0. The van der Waals surface area contributed by atoms with Gasteiger partial charge in [0.2, 0.25) is 0 Å². The van der Waals surface area contributed by atoms with Gasteiger partial charge < -0.3 is 10.1 Å². The molecule has 0 radical (unpaired) electrons. The number of hydrogen-bond donors (Lipinski definition) is 1. The highest BCUT2D eigenvalue weighted by Crippen LogP contribution is 2.19. The molecular weight excluding hydrogens is 252 g/mol. The first-order chi connectivity index (χ1) is 9.15. The molecule has 100 valence electrons. The predicted octanol–water partition coefficient (Wildman–Crippen LogP) is 3.25. The predicted molar refractivity (Wildman–Crippen MR) is 67.1 cm³/mol. The molecule has 0 amide bonds. The summed E-state index contributed by atoms with van der Waals surface area (Å²) in [6.45, 7) is -0.864. The summed E-state index contributed by atoms with van der Waals surface area (Å²) >= 11 is 0. The van der Waals surface area contributed by atoms with Gasteiger partial charge in [-0.1, -0.05) is 0 Å². The Hall–Kier alpha value is -2.24. The summed E-state index contributed by atoms with van der Waals surface area (Å²) in [5.41, 5.74) is 1.06. The van der Waals surface area contributed by atoms with E-state index in [2.05, 4.69) is 20.0 Å². The molecule has 0 aliphatic carbocycles. The first kappa shape index (κ1) is 13.2. The summed E-state index contributed by atoms with van der Waals surface area (Å²) in [5.74, 6) is 0.628. The van der Waals surface area contributed by atoms with Crippen LogP contribution in [0, 0.1) is 0 Å². The fraction of sp³-hybridized carbons (Fsp3) is 0.231. The lowest BCUT2D eigenvalue weighted by Crippen LogP contribution is -2.08. The van der Waals surface area contributed by atoms with Crippen LogP contribution in [0.2, 0.25) is 0 Å². The standard InChI is InChI=1S/C13H13F2N3O/c1-9(10-4-6-16-7-5-10)18-12-3-2-11(8-17-12)19-13(14)15/h2-9,13H,1H3,(H,17,18)/t9-/m1/s1. The van der Waals surface area contributed by atoms with Gasteiger partial charge in [-0.2, -0.15) is 8.78 Å². The molecule has 4 nitrogen and oxygen atoms in total. The van der Waals surface area contributed by atoms with Gasteiger partial charge in [0.15, 0.2) is 0 Å². The molecule has 0 unspecified atom stereocenters. The number of nitrogens with zero attached hydrogens (tertiary/aromatic N) is 2. The summed E-state index contributed by atoms with van der Waals surface area (Å²) in [4.78, 5) is 7.96. The smallest absolute Gasteiger partial charge is 0.387 e. The number of pyridine rings is 2. The lowest BCUT2D eigenvalue weighted by molar-refractivity contribution is -0.0500. The summed E-state index contributed by atoms with van der Waals surface area (Å²) in [6, 6.07) is 6.87. The average molecular weight is 265 g/mol. The fourth-order valence-electron chi connectivity index (χ4n) is 1.60. The monoisotopic (exact) mass is 265 g/mol. The fourth-order valence-corrected chi connectivity index (χ4v) is 1.60. The van der Waals surface area contributed by atoms with Gasteiger partial charge in [-0.3, -0.25) is 4.98 Å². The summed E-state index contributed by atoms with van der Waals surface area (Å²) in [5, 5.41) is 3.16. The van der Waals surface area contributed by atoms with Crippen molar-refractivity contribution in [1.29, 1.82) is 0 Å². The van der Waals surface area contributed by atoms with E-state index in [0.717, 1.165) is 5.56 Å². The molecule has 2 heterocycles. The van der Waals surface area contributed by atoms with Crippen LogP contribution in [0.25, 0.3) is 0 Å². The third-order valence-electron chi connectivity index (χ3n) is 2.53. The van der Waals surface area contributed by atoms with Gasteiger partial charge in [0.1, 0.15) is 11.6 Å². The van der Waals surface area contributed by atoms with Crippen molar-refractivity contribution in [3.05, 3.63) is 48.4 Å². The van der Waals surface area contributed by atoms with Crippen molar-refractivity contribution in [2.45, 2.75) is 19.6 Å². The maximum Gasteiger partial charge on any atom is 0.387 e. The van der Waals surface area contributed by atoms with E-state index >= 15 is 0 Å². The molecule has 0 saturated heterocycles. The number of rotatable bonds is 5. The molecular formula is C13H13F2N3O. The highest BCUT2D eigenvalue weighted by atomic mass is 19.3. The molecule has 2 aromatic heterocycles. The number of halogens is 2. The van der Waals surface area contributed by atoms with Crippen LogP contribution in [0.4, 0.5) is 14.6 Å². The number of ether oxygens (including phenoxy) is 1. The van der Waals surface area contributed by atoms with E-state index in [-0.39, 0.29) is 11.8 Å². The van der Waals surface area contributed by atoms with Crippen molar-refractivity contribution < 1.29 is 13.5 Å². The molecule has 0 aliphatic heterocycles. The van der Waals surface area contributed by atoms with Crippen molar-refractivity contribution >= 4 is 5.82 Å². The van der Waals surface area contributed by atoms with Crippen molar-refractivity contribution in [3.8, 4) is 5.75 Å². The van der Waals surface area contributed by atoms with E-state index in [4.69, 9.17) is 0 Å². The molecule has 0 spiro atoms. The first-order valence-electron chi connectivity index (χ1n) is 5.72. The second kappa shape index (κ2) is 6.08. The molecule has 2 rings (SSSR count). The van der Waals surface area contributed by atoms with Crippen LogP contribution in [-0.4, -0.2) is 16.6 Å². The Balaban J connectivity index is 1.99. The van der Waals surface area contributed by atoms with Crippen LogP contribution in [0.1, 0.15) is 18.5 Å². The van der Waals surface area contributed by atoms with Crippen molar-refractivity contribution in [2.75, 3.05) is 5.32 Å². The molecule has 1 atom stereocenters. The van der Waals surface area contributed by atoms with E-state index in [9.17, 15) is 8.78 Å². The van der Waals surface area contributed by atoms with Crippen LogP contribution < -0.4 is 10.1 Å². The molecule has 0 aliphatic rings. The lowest BCUT2D eigenvalue weighted by atomic mass is 10.1. The molecule has 1 N–H and O–H groups in total. The van der Waals surface area contributed by atoms with Gasteiger partial charge in [-0.15, -0.1) is 0 Å². The summed E-state index contributed by atoms with van der Waals surface area (Å²) in [6.07, 6.45) is 4.68. The van der Waals surface area contributed by atoms with E-state index in [0.29, 0.717) is 5.82 Å². The third kappa shape index (κ3) is 3.87. The Morgan fingerprint density at radius 1 is 1.16 bits per heavy atom. The average Bonchev–Trinajstić information content (AvgIpc) is 2.41. The number of anilines is 1.